The van der Waals surface area contributed by atoms with Crippen molar-refractivity contribution in [1.82, 2.24) is 19.4 Å². The molecule has 2 heterocycles. The van der Waals surface area contributed by atoms with Crippen LogP contribution in [0.5, 0.6) is 0 Å². The molecular formula is C25H34N4O3S. The summed E-state index contributed by atoms with van der Waals surface area (Å²) in [4.78, 5) is 44.7. The lowest BCUT2D eigenvalue weighted by molar-refractivity contribution is -0.140. The number of H-pyrrole nitrogens is 1. The van der Waals surface area contributed by atoms with Gasteiger partial charge in [-0.2, -0.15) is 0 Å². The molecule has 8 heteroatoms. The van der Waals surface area contributed by atoms with Crippen LogP contribution in [-0.4, -0.2) is 57.3 Å². The Morgan fingerprint density at radius 2 is 1.61 bits per heavy atom. The standard InChI is InChI=1S/C25H34N4O3S/c30-22(27-14-16-28(17-15-27)23(31)18-19-8-3-4-9-19)12-2-1-7-13-29-24(32)20-10-5-6-11-21(20)26-25(29)33/h5-6,10-11,19H,1-4,7-9,12-18H2,(H,26,33). The summed E-state index contributed by atoms with van der Waals surface area (Å²) < 4.78 is 2.05. The van der Waals surface area contributed by atoms with Crippen LogP contribution in [-0.2, 0) is 16.1 Å². The second-order valence-electron chi connectivity index (χ2n) is 9.36. The van der Waals surface area contributed by atoms with Gasteiger partial charge in [-0.3, -0.25) is 19.0 Å². The van der Waals surface area contributed by atoms with E-state index < -0.39 is 0 Å². The Hall–Kier alpha value is -2.48. The SMILES string of the molecule is O=C(CCCCCn1c(=S)[nH]c2ccccc2c1=O)N1CCN(C(=O)CC2CCCC2)CC1. The highest BCUT2D eigenvalue weighted by molar-refractivity contribution is 7.71. The molecule has 0 spiro atoms. The van der Waals surface area contributed by atoms with Crippen molar-refractivity contribution >= 4 is 34.9 Å². The average molecular weight is 471 g/mol. The zero-order chi connectivity index (χ0) is 23.2. The van der Waals surface area contributed by atoms with Gasteiger partial charge < -0.3 is 14.8 Å². The van der Waals surface area contributed by atoms with Crippen LogP contribution in [0, 0.1) is 10.7 Å². The first-order valence-electron chi connectivity index (χ1n) is 12.3. The van der Waals surface area contributed by atoms with Crippen molar-refractivity contribution < 1.29 is 9.59 Å². The summed E-state index contributed by atoms with van der Waals surface area (Å²) in [6, 6.07) is 7.39. The molecule has 0 atom stereocenters. The van der Waals surface area contributed by atoms with Crippen LogP contribution < -0.4 is 5.56 Å². The Morgan fingerprint density at radius 3 is 2.33 bits per heavy atom. The van der Waals surface area contributed by atoms with E-state index in [1.807, 2.05) is 28.0 Å². The average Bonchev–Trinajstić information content (AvgIpc) is 3.33. The predicted octanol–water partition coefficient (Wildman–Crippen LogP) is 3.87. The molecule has 1 aliphatic carbocycles. The van der Waals surface area contributed by atoms with Crippen molar-refractivity contribution in [2.24, 2.45) is 5.92 Å². The third kappa shape index (κ3) is 5.91. The van der Waals surface area contributed by atoms with Crippen LogP contribution in [0.25, 0.3) is 10.9 Å². The fraction of sp³-hybridized carbons (Fsp3) is 0.600. The van der Waals surface area contributed by atoms with Gasteiger partial charge in [-0.05, 0) is 56.0 Å². The van der Waals surface area contributed by atoms with Gasteiger partial charge >= 0.3 is 0 Å². The van der Waals surface area contributed by atoms with E-state index >= 15 is 0 Å². The number of piperazine rings is 1. The third-order valence-electron chi connectivity index (χ3n) is 7.08. The minimum atomic E-state index is -0.0641. The van der Waals surface area contributed by atoms with E-state index in [2.05, 4.69) is 4.98 Å². The molecule has 1 N–H and O–H groups in total. The molecular weight excluding hydrogens is 436 g/mol. The second-order valence-corrected chi connectivity index (χ2v) is 9.75. The van der Waals surface area contributed by atoms with Gasteiger partial charge in [0.25, 0.3) is 5.56 Å². The summed E-state index contributed by atoms with van der Waals surface area (Å²) in [5, 5.41) is 0.641. The highest BCUT2D eigenvalue weighted by Crippen LogP contribution is 2.28. The molecule has 0 bridgehead atoms. The lowest BCUT2D eigenvalue weighted by Crippen LogP contribution is -2.50. The molecule has 2 amide bonds. The first kappa shape index (κ1) is 23.7. The molecule has 7 nitrogen and oxygen atoms in total. The summed E-state index contributed by atoms with van der Waals surface area (Å²) in [7, 11) is 0. The van der Waals surface area contributed by atoms with Gasteiger partial charge in [0.15, 0.2) is 4.77 Å². The smallest absolute Gasteiger partial charge is 0.262 e. The molecule has 1 saturated heterocycles. The maximum atomic E-state index is 12.7. The maximum absolute atomic E-state index is 12.7. The zero-order valence-corrected chi connectivity index (χ0v) is 20.1. The highest BCUT2D eigenvalue weighted by Gasteiger charge is 2.26. The molecule has 178 valence electrons. The van der Waals surface area contributed by atoms with Crippen molar-refractivity contribution in [3.8, 4) is 0 Å². The fourth-order valence-corrected chi connectivity index (χ4v) is 5.36. The number of nitrogens with zero attached hydrogens (tertiary/aromatic N) is 3. The van der Waals surface area contributed by atoms with Gasteiger partial charge in [0.1, 0.15) is 0 Å². The number of para-hydroxylation sites is 1. The largest absolute Gasteiger partial charge is 0.339 e. The number of amides is 2. The van der Waals surface area contributed by atoms with Crippen LogP contribution in [0.4, 0.5) is 0 Å². The fourth-order valence-electron chi connectivity index (χ4n) is 5.08. The number of aromatic amines is 1. The Morgan fingerprint density at radius 1 is 0.939 bits per heavy atom. The summed E-state index contributed by atoms with van der Waals surface area (Å²) in [6.07, 6.45) is 8.52. The first-order valence-corrected chi connectivity index (χ1v) is 12.7. The van der Waals surface area contributed by atoms with Crippen molar-refractivity contribution in [3.63, 3.8) is 0 Å². The lowest BCUT2D eigenvalue weighted by atomic mass is 10.0. The molecule has 33 heavy (non-hydrogen) atoms. The van der Waals surface area contributed by atoms with E-state index in [0.29, 0.717) is 61.6 Å². The molecule has 2 fully saturated rings. The molecule has 1 aromatic carbocycles. The highest BCUT2D eigenvalue weighted by atomic mass is 32.1. The van der Waals surface area contributed by atoms with Gasteiger partial charge in [-0.1, -0.05) is 31.4 Å². The number of fused-ring (bicyclic) bond motifs is 1. The molecule has 1 aliphatic heterocycles. The van der Waals surface area contributed by atoms with E-state index in [-0.39, 0.29) is 17.4 Å². The van der Waals surface area contributed by atoms with Crippen LogP contribution in [0.3, 0.4) is 0 Å². The van der Waals surface area contributed by atoms with Gasteiger partial charge in [-0.25, -0.2) is 0 Å². The molecule has 4 rings (SSSR count). The van der Waals surface area contributed by atoms with E-state index in [4.69, 9.17) is 12.2 Å². The summed E-state index contributed by atoms with van der Waals surface area (Å²) in [5.74, 6) is 0.992. The lowest BCUT2D eigenvalue weighted by Gasteiger charge is -2.35. The number of benzene rings is 1. The number of unbranched alkanes of at least 4 members (excludes halogenated alkanes) is 2. The van der Waals surface area contributed by atoms with E-state index in [9.17, 15) is 14.4 Å². The Labute approximate surface area is 199 Å². The first-order chi connectivity index (χ1) is 16.0. The molecule has 1 saturated carbocycles. The number of hydrogen-bond donors (Lipinski definition) is 1. The Balaban J connectivity index is 1.16. The predicted molar refractivity (Wildman–Crippen MR) is 132 cm³/mol. The minimum absolute atomic E-state index is 0.0641. The van der Waals surface area contributed by atoms with Gasteiger partial charge in [0, 0.05) is 45.6 Å². The number of nitrogens with one attached hydrogen (secondary N) is 1. The second kappa shape index (κ2) is 11.1. The summed E-state index contributed by atoms with van der Waals surface area (Å²) >= 11 is 5.36. The molecule has 2 aromatic rings. The van der Waals surface area contributed by atoms with Crippen molar-refractivity contribution in [3.05, 3.63) is 39.4 Å². The van der Waals surface area contributed by atoms with E-state index in [0.717, 1.165) is 24.8 Å². The van der Waals surface area contributed by atoms with Gasteiger partial charge in [0.2, 0.25) is 11.8 Å². The van der Waals surface area contributed by atoms with Crippen molar-refractivity contribution in [2.75, 3.05) is 26.2 Å². The molecule has 0 radical (unpaired) electrons. The topological polar surface area (TPSA) is 78.4 Å². The quantitative estimate of drug-likeness (QED) is 0.469. The van der Waals surface area contributed by atoms with E-state index in [1.54, 1.807) is 10.6 Å². The van der Waals surface area contributed by atoms with Crippen LogP contribution >= 0.6 is 12.2 Å². The monoisotopic (exact) mass is 470 g/mol. The number of rotatable bonds is 8. The van der Waals surface area contributed by atoms with Gasteiger partial charge in [-0.15, -0.1) is 0 Å². The number of carbonyl (C=O) groups excluding carboxylic acids is 2. The van der Waals surface area contributed by atoms with E-state index in [1.165, 1.54) is 25.7 Å². The normalized spacial score (nSPS) is 17.1. The van der Waals surface area contributed by atoms with Gasteiger partial charge in [0.05, 0.1) is 10.9 Å². The molecule has 0 unspecified atom stereocenters. The number of carbonyl (C=O) groups is 2. The van der Waals surface area contributed by atoms with Crippen molar-refractivity contribution in [2.45, 2.75) is 64.3 Å². The minimum Gasteiger partial charge on any atom is -0.339 e. The molecule has 1 aromatic heterocycles. The zero-order valence-electron chi connectivity index (χ0n) is 19.3. The van der Waals surface area contributed by atoms with Crippen molar-refractivity contribution in [1.29, 1.82) is 0 Å². The van der Waals surface area contributed by atoms with Crippen LogP contribution in [0.1, 0.15) is 57.8 Å². The molecule has 2 aliphatic rings. The summed E-state index contributed by atoms with van der Waals surface area (Å²) in [5.41, 5.74) is 0.695. The Kier molecular flexibility index (Phi) is 7.96. The third-order valence-corrected chi connectivity index (χ3v) is 7.41. The number of aromatic nitrogens is 2. The summed E-state index contributed by atoms with van der Waals surface area (Å²) in [6.45, 7) is 3.13. The van der Waals surface area contributed by atoms with Crippen LogP contribution in [0.2, 0.25) is 0 Å². The van der Waals surface area contributed by atoms with Crippen LogP contribution in [0.15, 0.2) is 29.1 Å². The Bertz CT molecular complexity index is 1090. The number of hydrogen-bond acceptors (Lipinski definition) is 4. The maximum Gasteiger partial charge on any atom is 0.262 e.